The van der Waals surface area contributed by atoms with Crippen LogP contribution in [0, 0.1) is 6.92 Å². The molecule has 0 heterocycles. The van der Waals surface area contributed by atoms with Crippen LogP contribution < -0.4 is 15.4 Å². The molecule has 0 atom stereocenters. The Hall–Kier alpha value is -1.34. The lowest BCUT2D eigenvalue weighted by atomic mass is 10.2. The van der Waals surface area contributed by atoms with E-state index in [0.717, 1.165) is 10.0 Å². The van der Waals surface area contributed by atoms with E-state index >= 15 is 0 Å². The molecule has 0 saturated carbocycles. The molecule has 1 amide bonds. The van der Waals surface area contributed by atoms with Crippen molar-refractivity contribution in [2.75, 3.05) is 11.9 Å². The fraction of sp³-hybridized carbons (Fsp3) is 0.125. The van der Waals surface area contributed by atoms with Gasteiger partial charge in [-0.2, -0.15) is 0 Å². The van der Waals surface area contributed by atoms with Crippen molar-refractivity contribution < 1.29 is 9.53 Å². The van der Waals surface area contributed by atoms with Crippen LogP contribution in [0.2, 0.25) is 10.0 Å². The van der Waals surface area contributed by atoms with Gasteiger partial charge in [0.25, 0.3) is 5.91 Å². The van der Waals surface area contributed by atoms with Crippen LogP contribution in [-0.4, -0.2) is 17.6 Å². The van der Waals surface area contributed by atoms with Gasteiger partial charge in [0.15, 0.2) is 11.7 Å². The number of rotatable bonds is 4. The molecule has 2 aromatic rings. The summed E-state index contributed by atoms with van der Waals surface area (Å²) in [6, 6.07) is 10.4. The Balaban J connectivity index is 1.85. The van der Waals surface area contributed by atoms with Gasteiger partial charge in [-0.3, -0.25) is 10.1 Å². The van der Waals surface area contributed by atoms with E-state index in [1.54, 1.807) is 24.3 Å². The standard InChI is InChI=1S/C16H13BrCl2N2O2S/c1-9-4-13(2-3-14(9)17)23-8-15(22)21-16(24)20-12-6-10(18)5-11(19)7-12/h2-7H,8H2,1H3,(H2,20,21,22,24). The second-order valence-corrected chi connectivity index (χ2v) is 7.00. The average molecular weight is 448 g/mol. The van der Waals surface area contributed by atoms with Gasteiger partial charge < -0.3 is 10.1 Å². The van der Waals surface area contributed by atoms with E-state index in [2.05, 4.69) is 26.6 Å². The van der Waals surface area contributed by atoms with Gasteiger partial charge in [-0.1, -0.05) is 39.1 Å². The van der Waals surface area contributed by atoms with Crippen LogP contribution in [0.1, 0.15) is 5.56 Å². The maximum Gasteiger partial charge on any atom is 0.264 e. The van der Waals surface area contributed by atoms with E-state index in [-0.39, 0.29) is 17.6 Å². The van der Waals surface area contributed by atoms with E-state index in [1.165, 1.54) is 0 Å². The summed E-state index contributed by atoms with van der Waals surface area (Å²) in [4.78, 5) is 11.9. The molecule has 0 aliphatic rings. The number of anilines is 1. The highest BCUT2D eigenvalue weighted by atomic mass is 79.9. The molecule has 2 rings (SSSR count). The van der Waals surface area contributed by atoms with Crippen molar-refractivity contribution in [2.45, 2.75) is 6.92 Å². The molecule has 0 aliphatic carbocycles. The van der Waals surface area contributed by atoms with Gasteiger partial charge in [-0.05, 0) is 61.1 Å². The first-order valence-corrected chi connectivity index (χ1v) is 8.75. The third-order valence-electron chi connectivity index (χ3n) is 2.87. The highest BCUT2D eigenvalue weighted by Crippen LogP contribution is 2.23. The lowest BCUT2D eigenvalue weighted by molar-refractivity contribution is -0.121. The molecule has 0 fully saturated rings. The number of halogens is 3. The number of ether oxygens (including phenoxy) is 1. The number of benzene rings is 2. The first kappa shape index (κ1) is 19.0. The Labute approximate surface area is 163 Å². The normalized spacial score (nSPS) is 10.2. The number of aryl methyl sites for hydroxylation is 1. The van der Waals surface area contributed by atoms with Crippen molar-refractivity contribution in [3.63, 3.8) is 0 Å². The summed E-state index contributed by atoms with van der Waals surface area (Å²) in [5.41, 5.74) is 1.60. The monoisotopic (exact) mass is 446 g/mol. The van der Waals surface area contributed by atoms with Gasteiger partial charge in [0.1, 0.15) is 5.75 Å². The summed E-state index contributed by atoms with van der Waals surface area (Å²) in [6.07, 6.45) is 0. The first-order valence-electron chi connectivity index (χ1n) is 6.79. The van der Waals surface area contributed by atoms with Crippen molar-refractivity contribution in [1.82, 2.24) is 5.32 Å². The van der Waals surface area contributed by atoms with E-state index < -0.39 is 0 Å². The van der Waals surface area contributed by atoms with Gasteiger partial charge in [-0.15, -0.1) is 0 Å². The molecular formula is C16H13BrCl2N2O2S. The molecule has 126 valence electrons. The number of nitrogens with one attached hydrogen (secondary N) is 2. The van der Waals surface area contributed by atoms with E-state index in [4.69, 9.17) is 40.2 Å². The third kappa shape index (κ3) is 5.94. The highest BCUT2D eigenvalue weighted by molar-refractivity contribution is 9.10. The van der Waals surface area contributed by atoms with Gasteiger partial charge in [0, 0.05) is 20.2 Å². The van der Waals surface area contributed by atoms with Crippen LogP contribution in [0.25, 0.3) is 0 Å². The van der Waals surface area contributed by atoms with Crippen molar-refractivity contribution >= 4 is 68.1 Å². The fourth-order valence-corrected chi connectivity index (χ4v) is 2.81. The Kier molecular flexibility index (Phi) is 6.86. The van der Waals surface area contributed by atoms with Gasteiger partial charge >= 0.3 is 0 Å². The molecule has 2 aromatic carbocycles. The largest absolute Gasteiger partial charge is 0.484 e. The first-order chi connectivity index (χ1) is 11.3. The number of hydrogen-bond donors (Lipinski definition) is 2. The fourth-order valence-electron chi connectivity index (χ4n) is 1.81. The molecular weight excluding hydrogens is 435 g/mol. The summed E-state index contributed by atoms with van der Waals surface area (Å²) in [7, 11) is 0. The van der Waals surface area contributed by atoms with Crippen molar-refractivity contribution in [2.24, 2.45) is 0 Å². The van der Waals surface area contributed by atoms with Crippen molar-refractivity contribution in [1.29, 1.82) is 0 Å². The number of carbonyl (C=O) groups excluding carboxylic acids is 1. The number of amides is 1. The molecule has 0 unspecified atom stereocenters. The maximum atomic E-state index is 11.9. The SMILES string of the molecule is Cc1cc(OCC(=O)NC(=S)Nc2cc(Cl)cc(Cl)c2)ccc1Br. The quantitative estimate of drug-likeness (QED) is 0.650. The molecule has 0 aromatic heterocycles. The summed E-state index contributed by atoms with van der Waals surface area (Å²) in [5, 5.41) is 6.43. The predicted molar refractivity (Wildman–Crippen MR) is 105 cm³/mol. The minimum Gasteiger partial charge on any atom is -0.484 e. The van der Waals surface area contributed by atoms with Crippen LogP contribution in [0.15, 0.2) is 40.9 Å². The lowest BCUT2D eigenvalue weighted by Crippen LogP contribution is -2.37. The number of carbonyl (C=O) groups is 1. The van der Waals surface area contributed by atoms with Gasteiger partial charge in [-0.25, -0.2) is 0 Å². The topological polar surface area (TPSA) is 50.4 Å². The Morgan fingerprint density at radius 1 is 1.21 bits per heavy atom. The molecule has 0 bridgehead atoms. The average Bonchev–Trinajstić information content (AvgIpc) is 2.47. The van der Waals surface area contributed by atoms with Crippen LogP contribution in [0.5, 0.6) is 5.75 Å². The second-order valence-electron chi connectivity index (χ2n) is 4.86. The molecule has 24 heavy (non-hydrogen) atoms. The number of thiocarbonyl (C=S) groups is 1. The predicted octanol–water partition coefficient (Wildman–Crippen LogP) is 4.96. The Bertz CT molecular complexity index is 766. The maximum absolute atomic E-state index is 11.9. The molecule has 2 N–H and O–H groups in total. The van der Waals surface area contributed by atoms with E-state index in [9.17, 15) is 4.79 Å². The van der Waals surface area contributed by atoms with Crippen LogP contribution in [0.4, 0.5) is 5.69 Å². The lowest BCUT2D eigenvalue weighted by Gasteiger charge is -2.11. The van der Waals surface area contributed by atoms with Crippen LogP contribution in [-0.2, 0) is 4.79 Å². The summed E-state index contributed by atoms with van der Waals surface area (Å²) in [5.74, 6) is 0.229. The van der Waals surface area contributed by atoms with Gasteiger partial charge in [0.05, 0.1) is 0 Å². The Morgan fingerprint density at radius 2 is 1.88 bits per heavy atom. The molecule has 0 radical (unpaired) electrons. The van der Waals surface area contributed by atoms with Crippen molar-refractivity contribution in [3.05, 3.63) is 56.5 Å². The summed E-state index contributed by atoms with van der Waals surface area (Å²) < 4.78 is 6.41. The van der Waals surface area contributed by atoms with Crippen LogP contribution >= 0.6 is 51.3 Å². The summed E-state index contributed by atoms with van der Waals surface area (Å²) >= 11 is 20.3. The smallest absolute Gasteiger partial charge is 0.264 e. The molecule has 8 heteroatoms. The summed E-state index contributed by atoms with van der Waals surface area (Å²) in [6.45, 7) is 1.78. The van der Waals surface area contributed by atoms with Crippen LogP contribution in [0.3, 0.4) is 0 Å². The second kappa shape index (κ2) is 8.67. The minimum absolute atomic E-state index is 0.133. The third-order valence-corrected chi connectivity index (χ3v) is 4.40. The molecule has 0 saturated heterocycles. The van der Waals surface area contributed by atoms with E-state index in [1.807, 2.05) is 19.1 Å². The molecule has 4 nitrogen and oxygen atoms in total. The highest BCUT2D eigenvalue weighted by Gasteiger charge is 2.07. The zero-order valence-corrected chi connectivity index (χ0v) is 16.4. The molecule has 0 aliphatic heterocycles. The zero-order valence-electron chi connectivity index (χ0n) is 12.5. The zero-order chi connectivity index (χ0) is 17.7. The minimum atomic E-state index is -0.374. The Morgan fingerprint density at radius 3 is 2.50 bits per heavy atom. The van der Waals surface area contributed by atoms with Gasteiger partial charge in [0.2, 0.25) is 0 Å². The molecule has 0 spiro atoms. The van der Waals surface area contributed by atoms with E-state index in [0.29, 0.717) is 21.5 Å². The van der Waals surface area contributed by atoms with Crippen molar-refractivity contribution in [3.8, 4) is 5.75 Å². The number of hydrogen-bond acceptors (Lipinski definition) is 3.